The third-order valence-corrected chi connectivity index (χ3v) is 4.69. The first-order valence-corrected chi connectivity index (χ1v) is 9.98. The molecule has 0 bridgehead atoms. The van der Waals surface area contributed by atoms with Gasteiger partial charge in [0.1, 0.15) is 23.7 Å². The summed E-state index contributed by atoms with van der Waals surface area (Å²) in [6.07, 6.45) is 2.80. The van der Waals surface area contributed by atoms with Crippen LogP contribution in [0.2, 0.25) is 10.0 Å². The first kappa shape index (κ1) is 22.4. The fourth-order valence-electron chi connectivity index (χ4n) is 2.89. The first-order valence-electron chi connectivity index (χ1n) is 9.22. The van der Waals surface area contributed by atoms with Crippen LogP contribution < -0.4 is 19.7 Å². The molecule has 4 amide bonds. The van der Waals surface area contributed by atoms with Crippen LogP contribution >= 0.6 is 23.2 Å². The van der Waals surface area contributed by atoms with Gasteiger partial charge in [0.15, 0.2) is 0 Å². The molecular weight excluding hydrogens is 443 g/mol. The van der Waals surface area contributed by atoms with Gasteiger partial charge in [-0.1, -0.05) is 35.9 Å². The molecule has 1 saturated heterocycles. The summed E-state index contributed by atoms with van der Waals surface area (Å²) in [6, 6.07) is 8.45. The van der Waals surface area contributed by atoms with Crippen LogP contribution in [0.15, 0.2) is 54.6 Å². The molecule has 7 nitrogen and oxygen atoms in total. The van der Waals surface area contributed by atoms with Gasteiger partial charge in [-0.25, -0.2) is 9.69 Å². The van der Waals surface area contributed by atoms with Crippen molar-refractivity contribution < 1.29 is 23.9 Å². The molecule has 0 atom stereocenters. The van der Waals surface area contributed by atoms with Gasteiger partial charge < -0.3 is 9.47 Å². The second kappa shape index (κ2) is 9.68. The number of urea groups is 1. The summed E-state index contributed by atoms with van der Waals surface area (Å²) in [5.74, 6) is -0.837. The Morgan fingerprint density at radius 3 is 2.45 bits per heavy atom. The van der Waals surface area contributed by atoms with Gasteiger partial charge in [0.25, 0.3) is 11.8 Å². The lowest BCUT2D eigenvalue weighted by molar-refractivity contribution is -0.122. The molecule has 31 heavy (non-hydrogen) atoms. The van der Waals surface area contributed by atoms with E-state index in [4.69, 9.17) is 32.7 Å². The molecule has 2 aromatic carbocycles. The molecule has 0 saturated carbocycles. The van der Waals surface area contributed by atoms with Crippen molar-refractivity contribution in [2.45, 2.75) is 6.92 Å². The van der Waals surface area contributed by atoms with Crippen molar-refractivity contribution in [3.63, 3.8) is 0 Å². The van der Waals surface area contributed by atoms with Gasteiger partial charge in [-0.05, 0) is 49.4 Å². The Morgan fingerprint density at radius 1 is 1.10 bits per heavy atom. The van der Waals surface area contributed by atoms with E-state index in [-0.39, 0.29) is 33.7 Å². The van der Waals surface area contributed by atoms with E-state index in [0.717, 1.165) is 4.90 Å². The lowest BCUT2D eigenvalue weighted by Crippen LogP contribution is -2.54. The molecular formula is C22H18Cl2N2O5. The number of carbonyl (C=O) groups excluding carboxylic acids is 3. The molecule has 1 heterocycles. The van der Waals surface area contributed by atoms with E-state index in [1.165, 1.54) is 24.3 Å². The van der Waals surface area contributed by atoms with E-state index in [0.29, 0.717) is 17.9 Å². The van der Waals surface area contributed by atoms with Crippen molar-refractivity contribution in [3.05, 3.63) is 70.2 Å². The number of nitrogens with one attached hydrogen (secondary N) is 1. The molecule has 0 unspecified atom stereocenters. The summed E-state index contributed by atoms with van der Waals surface area (Å²) in [7, 11) is 0. The summed E-state index contributed by atoms with van der Waals surface area (Å²) in [4.78, 5) is 38.8. The third-order valence-electron chi connectivity index (χ3n) is 4.19. The fraction of sp³-hybridized carbons (Fsp3) is 0.136. The van der Waals surface area contributed by atoms with Crippen molar-refractivity contribution in [1.82, 2.24) is 5.32 Å². The quantitative estimate of drug-likeness (QED) is 0.370. The van der Waals surface area contributed by atoms with Crippen LogP contribution in [-0.4, -0.2) is 31.1 Å². The summed E-state index contributed by atoms with van der Waals surface area (Å²) in [5.41, 5.74) is 0.297. The minimum Gasteiger partial charge on any atom is -0.494 e. The van der Waals surface area contributed by atoms with Crippen molar-refractivity contribution in [1.29, 1.82) is 0 Å². The summed E-state index contributed by atoms with van der Waals surface area (Å²) in [6.45, 7) is 6.04. The highest BCUT2D eigenvalue weighted by Gasteiger charge is 2.37. The summed E-state index contributed by atoms with van der Waals surface area (Å²) >= 11 is 12.3. The van der Waals surface area contributed by atoms with Crippen molar-refractivity contribution in [2.24, 2.45) is 0 Å². The Balaban J connectivity index is 2.02. The largest absolute Gasteiger partial charge is 0.494 e. The molecule has 9 heteroatoms. The maximum absolute atomic E-state index is 13.1. The van der Waals surface area contributed by atoms with Gasteiger partial charge in [-0.2, -0.15) is 0 Å². The lowest BCUT2D eigenvalue weighted by Gasteiger charge is -2.26. The number of anilines is 1. The molecule has 1 fully saturated rings. The predicted molar refractivity (Wildman–Crippen MR) is 119 cm³/mol. The highest BCUT2D eigenvalue weighted by molar-refractivity contribution is 6.40. The number of nitrogens with zero attached hydrogens (tertiary/aromatic N) is 1. The van der Waals surface area contributed by atoms with Crippen LogP contribution in [-0.2, 0) is 9.59 Å². The Hall–Kier alpha value is -3.29. The number of benzene rings is 2. The number of rotatable bonds is 7. The molecule has 0 radical (unpaired) electrons. The third kappa shape index (κ3) is 4.90. The fourth-order valence-corrected chi connectivity index (χ4v) is 3.45. The Morgan fingerprint density at radius 2 is 1.81 bits per heavy atom. The molecule has 1 aliphatic rings. The topological polar surface area (TPSA) is 84.9 Å². The number of hydrogen-bond donors (Lipinski definition) is 1. The van der Waals surface area contributed by atoms with E-state index in [2.05, 4.69) is 11.9 Å². The van der Waals surface area contributed by atoms with Crippen LogP contribution in [0, 0.1) is 0 Å². The number of barbiturate groups is 1. The SMILES string of the molecule is C=CCOc1c(Cl)cc(Cl)cc1/C=C1\C(=O)NC(=O)N(c2ccc(OCC)cc2)C1=O. The first-order chi connectivity index (χ1) is 14.8. The van der Waals surface area contributed by atoms with Crippen LogP contribution in [0.1, 0.15) is 12.5 Å². The summed E-state index contributed by atoms with van der Waals surface area (Å²) in [5, 5.41) is 2.65. The number of ether oxygens (including phenoxy) is 2. The molecule has 1 N–H and O–H groups in total. The Kier molecular flexibility index (Phi) is 6.99. The monoisotopic (exact) mass is 460 g/mol. The van der Waals surface area contributed by atoms with Gasteiger partial charge in [-0.3, -0.25) is 14.9 Å². The van der Waals surface area contributed by atoms with E-state index in [1.807, 2.05) is 6.92 Å². The highest BCUT2D eigenvalue weighted by atomic mass is 35.5. The average Bonchev–Trinajstić information content (AvgIpc) is 2.71. The number of halogens is 2. The molecule has 0 aliphatic carbocycles. The second-order valence-electron chi connectivity index (χ2n) is 6.29. The average molecular weight is 461 g/mol. The number of hydrogen-bond acceptors (Lipinski definition) is 5. The highest BCUT2D eigenvalue weighted by Crippen LogP contribution is 2.35. The van der Waals surface area contributed by atoms with Crippen LogP contribution in [0.4, 0.5) is 10.5 Å². The minimum absolute atomic E-state index is 0.147. The molecule has 0 spiro atoms. The number of carbonyl (C=O) groups is 3. The van der Waals surface area contributed by atoms with Crippen LogP contribution in [0.5, 0.6) is 11.5 Å². The van der Waals surface area contributed by atoms with Gasteiger partial charge in [0, 0.05) is 10.6 Å². The predicted octanol–water partition coefficient (Wildman–Crippen LogP) is 4.62. The Bertz CT molecular complexity index is 1080. The van der Waals surface area contributed by atoms with E-state index >= 15 is 0 Å². The number of imide groups is 2. The molecule has 2 aromatic rings. The minimum atomic E-state index is -0.858. The van der Waals surface area contributed by atoms with Crippen LogP contribution in [0.3, 0.4) is 0 Å². The zero-order valence-corrected chi connectivity index (χ0v) is 18.0. The van der Waals surface area contributed by atoms with Crippen molar-refractivity contribution >= 4 is 52.8 Å². The smallest absolute Gasteiger partial charge is 0.335 e. The maximum Gasteiger partial charge on any atom is 0.335 e. The Labute approximate surface area is 188 Å². The van der Waals surface area contributed by atoms with E-state index in [9.17, 15) is 14.4 Å². The number of amides is 4. The van der Waals surface area contributed by atoms with Crippen LogP contribution in [0.25, 0.3) is 6.08 Å². The van der Waals surface area contributed by atoms with Gasteiger partial charge in [0.2, 0.25) is 0 Å². The van der Waals surface area contributed by atoms with Gasteiger partial charge in [-0.15, -0.1) is 0 Å². The molecule has 0 aromatic heterocycles. The maximum atomic E-state index is 13.1. The van der Waals surface area contributed by atoms with E-state index < -0.39 is 17.8 Å². The standard InChI is InChI=1S/C22H18Cl2N2O5/c1-3-9-31-19-13(10-14(23)12-18(19)24)11-17-20(27)25-22(29)26(21(17)28)15-5-7-16(8-6-15)30-4-2/h3,5-8,10-12H,1,4,9H2,2H3,(H,25,27,29)/b17-11+. The zero-order chi connectivity index (χ0) is 22.5. The van der Waals surface area contributed by atoms with Crippen molar-refractivity contribution in [3.8, 4) is 11.5 Å². The summed E-state index contributed by atoms with van der Waals surface area (Å²) < 4.78 is 10.9. The normalized spacial score (nSPS) is 15.1. The van der Waals surface area contributed by atoms with E-state index in [1.54, 1.807) is 24.3 Å². The molecule has 160 valence electrons. The molecule has 3 rings (SSSR count). The second-order valence-corrected chi connectivity index (χ2v) is 7.13. The van der Waals surface area contributed by atoms with Gasteiger partial charge >= 0.3 is 6.03 Å². The van der Waals surface area contributed by atoms with Gasteiger partial charge in [0.05, 0.1) is 17.3 Å². The van der Waals surface area contributed by atoms with Crippen molar-refractivity contribution in [2.75, 3.05) is 18.1 Å². The molecule has 1 aliphatic heterocycles. The zero-order valence-electron chi connectivity index (χ0n) is 16.5. The lowest BCUT2D eigenvalue weighted by atomic mass is 10.1.